The van der Waals surface area contributed by atoms with E-state index in [1.165, 1.54) is 5.56 Å². The molecule has 196 valence electrons. The van der Waals surface area contributed by atoms with E-state index in [0.717, 1.165) is 36.3 Å². The number of fused-ring (bicyclic) bond motifs is 1. The molecule has 0 aliphatic carbocycles. The third kappa shape index (κ3) is 6.18. The van der Waals surface area contributed by atoms with Crippen molar-refractivity contribution in [2.24, 2.45) is 0 Å². The Morgan fingerprint density at radius 1 is 1.11 bits per heavy atom. The number of rotatable bonds is 8. The SMILES string of the molecule is CC(c1ccc(Cl)cc1)C(CNC(=O)C(C)(C)Oc1ccc(C(F)(F)F)cn1)N1CCc2ccccc21. The van der Waals surface area contributed by atoms with Crippen LogP contribution in [0.25, 0.3) is 0 Å². The topological polar surface area (TPSA) is 54.5 Å². The molecule has 5 nitrogen and oxygen atoms in total. The Labute approximate surface area is 219 Å². The number of nitrogens with one attached hydrogen (secondary N) is 1. The number of anilines is 1. The van der Waals surface area contributed by atoms with E-state index in [9.17, 15) is 18.0 Å². The Balaban J connectivity index is 1.50. The zero-order valence-electron chi connectivity index (χ0n) is 20.8. The van der Waals surface area contributed by atoms with Gasteiger partial charge in [-0.25, -0.2) is 4.98 Å². The maximum absolute atomic E-state index is 13.2. The summed E-state index contributed by atoms with van der Waals surface area (Å²) in [6.07, 6.45) is -2.89. The Morgan fingerprint density at radius 3 is 2.46 bits per heavy atom. The lowest BCUT2D eigenvalue weighted by Crippen LogP contribution is -2.52. The molecule has 2 atom stereocenters. The summed E-state index contributed by atoms with van der Waals surface area (Å²) < 4.78 is 44.2. The molecular formula is C28H29ClF3N3O2. The van der Waals surface area contributed by atoms with E-state index in [1.807, 2.05) is 36.4 Å². The van der Waals surface area contributed by atoms with Crippen LogP contribution in [0.4, 0.5) is 18.9 Å². The van der Waals surface area contributed by atoms with Crippen molar-refractivity contribution in [1.29, 1.82) is 0 Å². The quantitative estimate of drug-likeness (QED) is 0.372. The van der Waals surface area contributed by atoms with Crippen LogP contribution in [0.5, 0.6) is 5.88 Å². The van der Waals surface area contributed by atoms with Gasteiger partial charge in [-0.3, -0.25) is 4.79 Å². The van der Waals surface area contributed by atoms with Crippen molar-refractivity contribution in [3.8, 4) is 5.88 Å². The van der Waals surface area contributed by atoms with Gasteiger partial charge in [0.15, 0.2) is 5.60 Å². The molecule has 1 aliphatic rings. The van der Waals surface area contributed by atoms with Crippen LogP contribution in [0.1, 0.15) is 43.4 Å². The number of aromatic nitrogens is 1. The number of para-hydroxylation sites is 1. The Kier molecular flexibility index (Phi) is 7.69. The van der Waals surface area contributed by atoms with Crippen molar-refractivity contribution in [2.45, 2.75) is 50.9 Å². The predicted molar refractivity (Wildman–Crippen MR) is 138 cm³/mol. The zero-order valence-corrected chi connectivity index (χ0v) is 21.6. The highest BCUT2D eigenvalue weighted by Gasteiger charge is 2.35. The average Bonchev–Trinajstić information content (AvgIpc) is 3.28. The van der Waals surface area contributed by atoms with Crippen LogP contribution in [0, 0.1) is 0 Å². The summed E-state index contributed by atoms with van der Waals surface area (Å²) in [5, 5.41) is 3.66. The normalized spacial score (nSPS) is 15.2. The standard InChI is InChI=1S/C28H29ClF3N3O2/c1-18(19-8-11-22(29)12-9-19)24(35-15-14-20-6-4-5-7-23(20)35)17-34-26(36)27(2,3)37-25-13-10-21(16-33-25)28(30,31)32/h4-13,16,18,24H,14-15,17H2,1-3H3,(H,34,36). The summed E-state index contributed by atoms with van der Waals surface area (Å²) in [5.41, 5.74) is 1.26. The summed E-state index contributed by atoms with van der Waals surface area (Å²) in [7, 11) is 0. The van der Waals surface area contributed by atoms with E-state index < -0.39 is 23.2 Å². The molecular weight excluding hydrogens is 503 g/mol. The molecule has 3 aromatic rings. The molecule has 0 saturated heterocycles. The van der Waals surface area contributed by atoms with Crippen molar-refractivity contribution in [3.05, 3.63) is 88.6 Å². The molecule has 0 radical (unpaired) electrons. The monoisotopic (exact) mass is 531 g/mol. The molecule has 0 spiro atoms. The average molecular weight is 532 g/mol. The Bertz CT molecular complexity index is 1230. The summed E-state index contributed by atoms with van der Waals surface area (Å²) in [5.74, 6) is -0.396. The third-order valence-corrected chi connectivity index (χ3v) is 6.99. The summed E-state index contributed by atoms with van der Waals surface area (Å²) in [4.78, 5) is 19.2. The highest BCUT2D eigenvalue weighted by molar-refractivity contribution is 6.30. The number of hydrogen-bond donors (Lipinski definition) is 1. The van der Waals surface area contributed by atoms with E-state index in [0.29, 0.717) is 17.8 Å². The first kappa shape index (κ1) is 26.8. The number of alkyl halides is 3. The lowest BCUT2D eigenvalue weighted by Gasteiger charge is -2.36. The van der Waals surface area contributed by atoms with E-state index in [1.54, 1.807) is 13.8 Å². The molecule has 2 aromatic carbocycles. The fourth-order valence-electron chi connectivity index (χ4n) is 4.58. The van der Waals surface area contributed by atoms with Gasteiger partial charge in [0.05, 0.1) is 11.6 Å². The number of carbonyl (C=O) groups is 1. The highest BCUT2D eigenvalue weighted by Crippen LogP contribution is 2.34. The van der Waals surface area contributed by atoms with Crippen LogP contribution in [0.15, 0.2) is 66.9 Å². The van der Waals surface area contributed by atoms with Crippen molar-refractivity contribution in [1.82, 2.24) is 10.3 Å². The maximum Gasteiger partial charge on any atom is 0.417 e. The predicted octanol–water partition coefficient (Wildman–Crippen LogP) is 6.26. The van der Waals surface area contributed by atoms with Gasteiger partial charge < -0.3 is 15.0 Å². The molecule has 1 aliphatic heterocycles. The molecule has 0 bridgehead atoms. The van der Waals surface area contributed by atoms with Gasteiger partial charge in [0.25, 0.3) is 5.91 Å². The van der Waals surface area contributed by atoms with Gasteiger partial charge in [-0.05, 0) is 55.7 Å². The molecule has 1 aromatic heterocycles. The second kappa shape index (κ2) is 10.6. The molecule has 1 amide bonds. The maximum atomic E-state index is 13.2. The molecule has 0 fully saturated rings. The van der Waals surface area contributed by atoms with Crippen LogP contribution in [0.3, 0.4) is 0 Å². The van der Waals surface area contributed by atoms with Crippen molar-refractivity contribution >= 4 is 23.2 Å². The number of carbonyl (C=O) groups excluding carboxylic acids is 1. The van der Waals surface area contributed by atoms with Crippen LogP contribution in [-0.4, -0.2) is 35.6 Å². The van der Waals surface area contributed by atoms with Gasteiger partial charge in [0.2, 0.25) is 5.88 Å². The smallest absolute Gasteiger partial charge is 0.417 e. The number of hydrogen-bond acceptors (Lipinski definition) is 4. The molecule has 0 saturated carbocycles. The Morgan fingerprint density at radius 2 is 1.81 bits per heavy atom. The first-order valence-electron chi connectivity index (χ1n) is 12.1. The van der Waals surface area contributed by atoms with Crippen molar-refractivity contribution in [3.63, 3.8) is 0 Å². The molecule has 2 heterocycles. The van der Waals surface area contributed by atoms with E-state index >= 15 is 0 Å². The van der Waals surface area contributed by atoms with Crippen LogP contribution in [-0.2, 0) is 17.4 Å². The molecule has 9 heteroatoms. The second-order valence-corrected chi connectivity index (χ2v) is 10.1. The Hall–Kier alpha value is -3.26. The van der Waals surface area contributed by atoms with Gasteiger partial charge in [-0.2, -0.15) is 13.2 Å². The number of benzene rings is 2. The molecule has 4 rings (SSSR count). The zero-order chi connectivity index (χ0) is 26.8. The first-order chi connectivity index (χ1) is 17.5. The minimum Gasteiger partial charge on any atom is -0.462 e. The van der Waals surface area contributed by atoms with E-state index in [4.69, 9.17) is 16.3 Å². The highest BCUT2D eigenvalue weighted by atomic mass is 35.5. The number of amides is 1. The largest absolute Gasteiger partial charge is 0.462 e. The number of nitrogens with zero attached hydrogens (tertiary/aromatic N) is 2. The lowest BCUT2D eigenvalue weighted by atomic mass is 9.91. The summed E-state index contributed by atoms with van der Waals surface area (Å²) in [6, 6.07) is 17.9. The first-order valence-corrected chi connectivity index (χ1v) is 12.4. The van der Waals surface area contributed by atoms with Crippen molar-refractivity contribution < 1.29 is 22.7 Å². The van der Waals surface area contributed by atoms with Crippen LogP contribution in [0.2, 0.25) is 5.02 Å². The lowest BCUT2D eigenvalue weighted by molar-refractivity contribution is -0.138. The summed E-state index contributed by atoms with van der Waals surface area (Å²) >= 11 is 6.10. The fourth-order valence-corrected chi connectivity index (χ4v) is 4.71. The van der Waals surface area contributed by atoms with E-state index in [2.05, 4.69) is 34.3 Å². The number of ether oxygens (including phenoxy) is 1. The van der Waals surface area contributed by atoms with Gasteiger partial charge >= 0.3 is 6.18 Å². The third-order valence-electron chi connectivity index (χ3n) is 6.74. The fraction of sp³-hybridized carbons (Fsp3) is 0.357. The van der Waals surface area contributed by atoms with Gasteiger partial charge in [-0.15, -0.1) is 0 Å². The van der Waals surface area contributed by atoms with Crippen LogP contribution >= 0.6 is 11.6 Å². The number of pyridine rings is 1. The minimum atomic E-state index is -4.50. The second-order valence-electron chi connectivity index (χ2n) is 9.68. The van der Waals surface area contributed by atoms with Crippen LogP contribution < -0.4 is 15.0 Å². The molecule has 1 N–H and O–H groups in total. The molecule has 2 unspecified atom stereocenters. The van der Waals surface area contributed by atoms with Crippen molar-refractivity contribution in [2.75, 3.05) is 18.0 Å². The van der Waals surface area contributed by atoms with Gasteiger partial charge in [0.1, 0.15) is 0 Å². The van der Waals surface area contributed by atoms with E-state index in [-0.39, 0.29) is 17.8 Å². The molecule has 37 heavy (non-hydrogen) atoms. The summed E-state index contributed by atoms with van der Waals surface area (Å²) in [6.45, 7) is 6.40. The number of halogens is 4. The minimum absolute atomic E-state index is 0.0596. The van der Waals surface area contributed by atoms with Gasteiger partial charge in [0, 0.05) is 42.0 Å². The van der Waals surface area contributed by atoms with Gasteiger partial charge in [-0.1, -0.05) is 48.9 Å².